The molecule has 1 heterocycles. The molecule has 0 bridgehead atoms. The van der Waals surface area contributed by atoms with Crippen molar-refractivity contribution in [3.8, 4) is 0 Å². The third kappa shape index (κ3) is 5.08. The van der Waals surface area contributed by atoms with Crippen LogP contribution in [-0.4, -0.2) is 34.5 Å². The summed E-state index contributed by atoms with van der Waals surface area (Å²) in [5.74, 6) is -1.23. The molecule has 1 saturated heterocycles. The number of carbonyl (C=O) groups excluding carboxylic acids is 1. The van der Waals surface area contributed by atoms with Crippen LogP contribution < -0.4 is 5.32 Å². The summed E-state index contributed by atoms with van der Waals surface area (Å²) in [5, 5.41) is 12.8. The van der Waals surface area contributed by atoms with Gasteiger partial charge in [0.05, 0.1) is 5.92 Å². The first-order valence-electron chi connectivity index (χ1n) is 9.05. The van der Waals surface area contributed by atoms with Crippen LogP contribution in [0.15, 0.2) is 48.5 Å². The molecule has 2 unspecified atom stereocenters. The molecule has 142 valence electrons. The highest BCUT2D eigenvalue weighted by molar-refractivity contribution is 6.30. The second-order valence-corrected chi connectivity index (χ2v) is 7.49. The Labute approximate surface area is 163 Å². The average molecular weight is 387 g/mol. The van der Waals surface area contributed by atoms with E-state index < -0.39 is 5.97 Å². The van der Waals surface area contributed by atoms with Crippen molar-refractivity contribution in [3.05, 3.63) is 64.7 Å². The maximum atomic E-state index is 12.4. The van der Waals surface area contributed by atoms with Gasteiger partial charge in [-0.15, -0.1) is 0 Å². The fraction of sp³-hybridized carbons (Fsp3) is 0.333. The predicted molar refractivity (Wildman–Crippen MR) is 106 cm³/mol. The molecule has 0 saturated carbocycles. The lowest BCUT2D eigenvalue weighted by Crippen LogP contribution is -2.43. The highest BCUT2D eigenvalue weighted by atomic mass is 35.5. The molecule has 2 aromatic rings. The van der Waals surface area contributed by atoms with Gasteiger partial charge in [-0.2, -0.15) is 0 Å². The van der Waals surface area contributed by atoms with Crippen molar-refractivity contribution in [2.75, 3.05) is 11.9 Å². The number of rotatable bonds is 5. The van der Waals surface area contributed by atoms with E-state index in [1.54, 1.807) is 24.3 Å². The molecule has 5 nitrogen and oxygen atoms in total. The molecule has 0 aromatic heterocycles. The zero-order valence-electron chi connectivity index (χ0n) is 15.2. The number of hydrogen-bond donors (Lipinski definition) is 2. The molecule has 1 aliphatic heterocycles. The molecular weight excluding hydrogens is 364 g/mol. The van der Waals surface area contributed by atoms with Crippen LogP contribution in [0, 0.1) is 5.92 Å². The molecule has 6 heteroatoms. The SMILES string of the molecule is CC1CCC(C(=O)O)CN1Cc1cccc(NC(=O)c2ccc(Cl)cc2)c1. The predicted octanol–water partition coefficient (Wildman–Crippen LogP) is 4.28. The highest BCUT2D eigenvalue weighted by Gasteiger charge is 2.29. The molecule has 0 radical (unpaired) electrons. The molecule has 3 rings (SSSR count). The number of carboxylic acid groups (broad SMARTS) is 1. The van der Waals surface area contributed by atoms with Gasteiger partial charge < -0.3 is 10.4 Å². The van der Waals surface area contributed by atoms with Crippen LogP contribution in [0.3, 0.4) is 0 Å². The molecule has 27 heavy (non-hydrogen) atoms. The van der Waals surface area contributed by atoms with Gasteiger partial charge in [-0.25, -0.2) is 0 Å². The number of halogens is 1. The second-order valence-electron chi connectivity index (χ2n) is 7.05. The Morgan fingerprint density at radius 2 is 1.93 bits per heavy atom. The first kappa shape index (κ1) is 19.4. The van der Waals surface area contributed by atoms with E-state index in [1.807, 2.05) is 24.3 Å². The van der Waals surface area contributed by atoms with Gasteiger partial charge in [0.15, 0.2) is 0 Å². The third-order valence-corrected chi connectivity index (χ3v) is 5.29. The van der Waals surface area contributed by atoms with Crippen LogP contribution in [0.2, 0.25) is 5.02 Å². The summed E-state index contributed by atoms with van der Waals surface area (Å²) >= 11 is 5.86. The molecule has 2 aromatic carbocycles. The molecule has 2 N–H and O–H groups in total. The lowest BCUT2D eigenvalue weighted by molar-refractivity contribution is -0.144. The van der Waals surface area contributed by atoms with Crippen LogP contribution in [-0.2, 0) is 11.3 Å². The van der Waals surface area contributed by atoms with E-state index in [1.165, 1.54) is 0 Å². The fourth-order valence-corrected chi connectivity index (χ4v) is 3.51. The summed E-state index contributed by atoms with van der Waals surface area (Å²) in [6.07, 6.45) is 1.61. The van der Waals surface area contributed by atoms with Crippen molar-refractivity contribution in [2.24, 2.45) is 5.92 Å². The molecule has 2 atom stereocenters. The Kier molecular flexibility index (Phi) is 6.14. The number of anilines is 1. The molecule has 0 spiro atoms. The number of piperidine rings is 1. The van der Waals surface area contributed by atoms with E-state index in [2.05, 4.69) is 17.1 Å². The van der Waals surface area contributed by atoms with Gasteiger partial charge in [-0.05, 0) is 61.7 Å². The minimum absolute atomic E-state index is 0.193. The quantitative estimate of drug-likeness (QED) is 0.804. The number of carbonyl (C=O) groups is 2. The van der Waals surface area contributed by atoms with Gasteiger partial charge in [0.2, 0.25) is 0 Å². The monoisotopic (exact) mass is 386 g/mol. The van der Waals surface area contributed by atoms with Crippen molar-refractivity contribution in [1.82, 2.24) is 4.90 Å². The van der Waals surface area contributed by atoms with Crippen molar-refractivity contribution < 1.29 is 14.7 Å². The summed E-state index contributed by atoms with van der Waals surface area (Å²) in [6.45, 7) is 3.34. The van der Waals surface area contributed by atoms with E-state index in [0.29, 0.717) is 35.4 Å². The van der Waals surface area contributed by atoms with Crippen molar-refractivity contribution in [1.29, 1.82) is 0 Å². The second kappa shape index (κ2) is 8.55. The molecule has 1 aliphatic rings. The Morgan fingerprint density at radius 1 is 1.19 bits per heavy atom. The number of benzene rings is 2. The number of carboxylic acids is 1. The van der Waals surface area contributed by atoms with Crippen molar-refractivity contribution in [2.45, 2.75) is 32.4 Å². The van der Waals surface area contributed by atoms with E-state index in [0.717, 1.165) is 18.4 Å². The highest BCUT2D eigenvalue weighted by Crippen LogP contribution is 2.24. The van der Waals surface area contributed by atoms with Gasteiger partial charge in [0, 0.05) is 35.4 Å². The number of amides is 1. The number of nitrogens with zero attached hydrogens (tertiary/aromatic N) is 1. The van der Waals surface area contributed by atoms with Crippen molar-refractivity contribution in [3.63, 3.8) is 0 Å². The lowest BCUT2D eigenvalue weighted by atomic mass is 9.93. The van der Waals surface area contributed by atoms with Crippen LogP contribution >= 0.6 is 11.6 Å². The Hall–Kier alpha value is -2.37. The standard InChI is InChI=1S/C21H23ClN2O3/c1-14-5-6-17(21(26)27)13-24(14)12-15-3-2-4-19(11-15)23-20(25)16-7-9-18(22)10-8-16/h2-4,7-11,14,17H,5-6,12-13H2,1H3,(H,23,25)(H,26,27). The van der Waals surface area contributed by atoms with E-state index in [4.69, 9.17) is 11.6 Å². The van der Waals surface area contributed by atoms with Crippen LogP contribution in [0.4, 0.5) is 5.69 Å². The summed E-state index contributed by atoms with van der Waals surface area (Å²) in [6, 6.07) is 14.7. The normalized spacial score (nSPS) is 20.2. The van der Waals surface area contributed by atoms with Crippen LogP contribution in [0.25, 0.3) is 0 Å². The summed E-state index contributed by atoms with van der Waals surface area (Å²) in [5.41, 5.74) is 2.30. The number of likely N-dealkylation sites (tertiary alicyclic amines) is 1. The number of aliphatic carboxylic acids is 1. The van der Waals surface area contributed by atoms with E-state index in [9.17, 15) is 14.7 Å². The average Bonchev–Trinajstić information content (AvgIpc) is 2.64. The Bertz CT molecular complexity index is 822. The van der Waals surface area contributed by atoms with Crippen molar-refractivity contribution >= 4 is 29.2 Å². The lowest BCUT2D eigenvalue weighted by Gasteiger charge is -2.36. The first-order valence-corrected chi connectivity index (χ1v) is 9.43. The zero-order chi connectivity index (χ0) is 19.4. The van der Waals surface area contributed by atoms with Gasteiger partial charge in [0.1, 0.15) is 0 Å². The minimum Gasteiger partial charge on any atom is -0.481 e. The van der Waals surface area contributed by atoms with E-state index >= 15 is 0 Å². The smallest absolute Gasteiger partial charge is 0.307 e. The summed E-state index contributed by atoms with van der Waals surface area (Å²) in [7, 11) is 0. The van der Waals surface area contributed by atoms with Gasteiger partial charge in [-0.1, -0.05) is 23.7 Å². The minimum atomic E-state index is -0.726. The largest absolute Gasteiger partial charge is 0.481 e. The molecule has 0 aliphatic carbocycles. The summed E-state index contributed by atoms with van der Waals surface area (Å²) < 4.78 is 0. The zero-order valence-corrected chi connectivity index (χ0v) is 15.9. The van der Waals surface area contributed by atoms with Gasteiger partial charge >= 0.3 is 5.97 Å². The van der Waals surface area contributed by atoms with E-state index in [-0.39, 0.29) is 11.8 Å². The Balaban J connectivity index is 1.67. The van der Waals surface area contributed by atoms with Gasteiger partial charge in [0.25, 0.3) is 5.91 Å². The molecule has 1 amide bonds. The van der Waals surface area contributed by atoms with Crippen LogP contribution in [0.5, 0.6) is 0 Å². The topological polar surface area (TPSA) is 69.6 Å². The van der Waals surface area contributed by atoms with Crippen LogP contribution in [0.1, 0.15) is 35.7 Å². The number of hydrogen-bond acceptors (Lipinski definition) is 3. The first-order chi connectivity index (χ1) is 12.9. The van der Waals surface area contributed by atoms with Gasteiger partial charge in [-0.3, -0.25) is 14.5 Å². The molecular formula is C21H23ClN2O3. The summed E-state index contributed by atoms with van der Waals surface area (Å²) in [4.78, 5) is 25.9. The third-order valence-electron chi connectivity index (χ3n) is 5.04. The molecule has 1 fully saturated rings. The maximum absolute atomic E-state index is 12.4. The fourth-order valence-electron chi connectivity index (χ4n) is 3.39. The number of nitrogens with one attached hydrogen (secondary N) is 1. The Morgan fingerprint density at radius 3 is 2.63 bits per heavy atom. The maximum Gasteiger partial charge on any atom is 0.307 e.